The molecule has 0 unspecified atom stereocenters. The van der Waals surface area contributed by atoms with E-state index in [1.54, 1.807) is 12.3 Å². The quantitative estimate of drug-likeness (QED) is 0.270. The minimum atomic E-state index is -0.924. The van der Waals surface area contributed by atoms with Gasteiger partial charge in [0.25, 0.3) is 11.6 Å². The third kappa shape index (κ3) is 5.73. The zero-order chi connectivity index (χ0) is 24.0. The van der Waals surface area contributed by atoms with Crippen LogP contribution < -0.4 is 5.32 Å². The number of hydrogen-bond donors (Lipinski definition) is 1. The van der Waals surface area contributed by atoms with Crippen LogP contribution in [0, 0.1) is 10.1 Å². The number of non-ortho nitro benzene ring substituents is 1. The molecule has 2 aromatic carbocycles. The fraction of sp³-hybridized carbons (Fsp3) is 0.136. The molecule has 0 fully saturated rings. The van der Waals surface area contributed by atoms with Crippen LogP contribution in [-0.4, -0.2) is 36.0 Å². The van der Waals surface area contributed by atoms with E-state index < -0.39 is 29.4 Å². The largest absolute Gasteiger partial charge is 0.462 e. The van der Waals surface area contributed by atoms with Gasteiger partial charge in [0.1, 0.15) is 10.6 Å². The lowest BCUT2D eigenvalue weighted by Gasteiger charge is -2.09. The number of carbonyl (C=O) groups excluding carboxylic acids is 3. The Kier molecular flexibility index (Phi) is 7.75. The number of carbonyl (C=O) groups is 3. The summed E-state index contributed by atoms with van der Waals surface area (Å²) in [5.74, 6) is -2.21. The molecule has 3 aromatic rings. The van der Waals surface area contributed by atoms with Crippen molar-refractivity contribution in [2.45, 2.75) is 6.92 Å². The molecule has 1 heterocycles. The third-order valence-corrected chi connectivity index (χ3v) is 5.53. The van der Waals surface area contributed by atoms with Gasteiger partial charge in [0, 0.05) is 23.1 Å². The number of esters is 2. The highest BCUT2D eigenvalue weighted by Gasteiger charge is 2.23. The van der Waals surface area contributed by atoms with E-state index in [0.29, 0.717) is 5.56 Å². The Morgan fingerprint density at radius 2 is 1.82 bits per heavy atom. The van der Waals surface area contributed by atoms with Gasteiger partial charge < -0.3 is 14.8 Å². The van der Waals surface area contributed by atoms with Crippen molar-refractivity contribution in [3.8, 4) is 11.1 Å². The van der Waals surface area contributed by atoms with Crippen LogP contribution in [0.2, 0.25) is 5.02 Å². The minimum absolute atomic E-state index is 0.121. The molecule has 0 aliphatic carbocycles. The van der Waals surface area contributed by atoms with E-state index in [-0.39, 0.29) is 33.4 Å². The van der Waals surface area contributed by atoms with E-state index in [9.17, 15) is 24.5 Å². The highest BCUT2D eigenvalue weighted by Crippen LogP contribution is 2.36. The molecule has 1 aromatic heterocycles. The summed E-state index contributed by atoms with van der Waals surface area (Å²) in [6.45, 7) is 1.17. The number of nitrogens with zero attached hydrogens (tertiary/aromatic N) is 1. The van der Waals surface area contributed by atoms with E-state index in [4.69, 9.17) is 21.1 Å². The molecule has 9 nitrogen and oxygen atoms in total. The molecule has 170 valence electrons. The molecule has 3 rings (SSSR count). The van der Waals surface area contributed by atoms with Gasteiger partial charge in [-0.2, -0.15) is 0 Å². The molecule has 1 amide bonds. The molecular weight excluding hydrogens is 472 g/mol. The second-order valence-corrected chi connectivity index (χ2v) is 7.77. The number of hydrogen-bond acceptors (Lipinski definition) is 8. The number of anilines is 1. The lowest BCUT2D eigenvalue weighted by atomic mass is 10.0. The van der Waals surface area contributed by atoms with Crippen LogP contribution in [0.15, 0.2) is 53.9 Å². The Labute approximate surface area is 197 Å². The van der Waals surface area contributed by atoms with Gasteiger partial charge in [-0.05, 0) is 18.6 Å². The normalized spacial score (nSPS) is 10.4. The van der Waals surface area contributed by atoms with Crippen LogP contribution in [-0.2, 0) is 14.3 Å². The van der Waals surface area contributed by atoms with Crippen LogP contribution in [0.5, 0.6) is 0 Å². The Morgan fingerprint density at radius 1 is 1.09 bits per heavy atom. The highest BCUT2D eigenvalue weighted by molar-refractivity contribution is 7.15. The maximum atomic E-state index is 12.6. The van der Waals surface area contributed by atoms with Crippen LogP contribution in [0.1, 0.15) is 27.6 Å². The van der Waals surface area contributed by atoms with E-state index in [2.05, 4.69) is 5.32 Å². The number of nitrogens with one attached hydrogen (secondary N) is 1. The first-order chi connectivity index (χ1) is 15.8. The molecule has 33 heavy (non-hydrogen) atoms. The monoisotopic (exact) mass is 488 g/mol. The first-order valence-electron chi connectivity index (χ1n) is 9.56. The summed E-state index contributed by atoms with van der Waals surface area (Å²) in [4.78, 5) is 47.3. The standard InChI is InChI=1S/C22H17ClN2O7S/c1-2-31-22(28)19-16(13-6-4-3-5-7-13)12-33-20(19)24-18(26)11-32-21(27)15-9-8-14(25(29)30)10-17(15)23/h3-10,12H,2,11H2,1H3,(H,24,26). The summed E-state index contributed by atoms with van der Waals surface area (Å²) in [6.07, 6.45) is 0. The lowest BCUT2D eigenvalue weighted by Crippen LogP contribution is -2.22. The van der Waals surface area contributed by atoms with Gasteiger partial charge >= 0.3 is 11.9 Å². The van der Waals surface area contributed by atoms with Crippen molar-refractivity contribution in [1.82, 2.24) is 0 Å². The predicted octanol–water partition coefficient (Wildman–Crippen LogP) is 4.95. The van der Waals surface area contributed by atoms with Crippen molar-refractivity contribution in [2.24, 2.45) is 0 Å². The number of thiophene rings is 1. The molecule has 11 heteroatoms. The number of nitro benzene ring substituents is 1. The van der Waals surface area contributed by atoms with Gasteiger partial charge in [0.05, 0.1) is 22.1 Å². The van der Waals surface area contributed by atoms with Gasteiger partial charge in [-0.15, -0.1) is 11.3 Å². The van der Waals surface area contributed by atoms with E-state index >= 15 is 0 Å². The lowest BCUT2D eigenvalue weighted by molar-refractivity contribution is -0.384. The molecule has 0 atom stereocenters. The fourth-order valence-electron chi connectivity index (χ4n) is 2.84. The maximum absolute atomic E-state index is 12.6. The summed E-state index contributed by atoms with van der Waals surface area (Å²) < 4.78 is 10.1. The summed E-state index contributed by atoms with van der Waals surface area (Å²) in [6, 6.07) is 12.4. The molecular formula is C22H17ClN2O7S. The van der Waals surface area contributed by atoms with Gasteiger partial charge in [0.15, 0.2) is 6.61 Å². The average Bonchev–Trinajstić information content (AvgIpc) is 3.21. The van der Waals surface area contributed by atoms with Crippen LogP contribution in [0.25, 0.3) is 11.1 Å². The van der Waals surface area contributed by atoms with Gasteiger partial charge in [0.2, 0.25) is 0 Å². The molecule has 0 bridgehead atoms. The van der Waals surface area contributed by atoms with E-state index in [0.717, 1.165) is 35.1 Å². The summed E-state index contributed by atoms with van der Waals surface area (Å²) in [5, 5.41) is 15.1. The topological polar surface area (TPSA) is 125 Å². The molecule has 0 aliphatic rings. The summed E-state index contributed by atoms with van der Waals surface area (Å²) in [5.41, 5.74) is 1.17. The zero-order valence-electron chi connectivity index (χ0n) is 17.2. The number of nitro groups is 1. The van der Waals surface area contributed by atoms with Crippen molar-refractivity contribution in [2.75, 3.05) is 18.5 Å². The molecule has 0 saturated carbocycles. The first-order valence-corrected chi connectivity index (χ1v) is 10.8. The molecule has 1 N–H and O–H groups in total. The van der Waals surface area contributed by atoms with E-state index in [1.807, 2.05) is 30.3 Å². The number of halogens is 1. The van der Waals surface area contributed by atoms with Gasteiger partial charge in [-0.25, -0.2) is 9.59 Å². The van der Waals surface area contributed by atoms with Gasteiger partial charge in [-0.1, -0.05) is 41.9 Å². The van der Waals surface area contributed by atoms with Crippen molar-refractivity contribution in [3.63, 3.8) is 0 Å². The molecule has 0 saturated heterocycles. The number of benzene rings is 2. The number of amides is 1. The Bertz CT molecular complexity index is 1210. The van der Waals surface area contributed by atoms with Crippen molar-refractivity contribution in [3.05, 3.63) is 80.2 Å². The van der Waals surface area contributed by atoms with Gasteiger partial charge in [-0.3, -0.25) is 14.9 Å². The van der Waals surface area contributed by atoms with Crippen LogP contribution in [0.4, 0.5) is 10.7 Å². The maximum Gasteiger partial charge on any atom is 0.341 e. The molecule has 0 radical (unpaired) electrons. The van der Waals surface area contributed by atoms with Crippen molar-refractivity contribution < 1.29 is 28.8 Å². The predicted molar refractivity (Wildman–Crippen MR) is 123 cm³/mol. The average molecular weight is 489 g/mol. The first kappa shape index (κ1) is 23.9. The third-order valence-electron chi connectivity index (χ3n) is 4.33. The number of ether oxygens (including phenoxy) is 2. The minimum Gasteiger partial charge on any atom is -0.462 e. The SMILES string of the molecule is CCOC(=O)c1c(-c2ccccc2)csc1NC(=O)COC(=O)c1ccc([N+](=O)[O-])cc1Cl. The van der Waals surface area contributed by atoms with Crippen molar-refractivity contribution >= 4 is 51.5 Å². The van der Waals surface area contributed by atoms with Crippen molar-refractivity contribution in [1.29, 1.82) is 0 Å². The summed E-state index contributed by atoms with van der Waals surface area (Å²) >= 11 is 7.04. The second-order valence-electron chi connectivity index (χ2n) is 6.49. The smallest absolute Gasteiger partial charge is 0.341 e. The van der Waals surface area contributed by atoms with Crippen LogP contribution >= 0.6 is 22.9 Å². The van der Waals surface area contributed by atoms with E-state index in [1.165, 1.54) is 0 Å². The van der Waals surface area contributed by atoms with Crippen LogP contribution in [0.3, 0.4) is 0 Å². The fourth-order valence-corrected chi connectivity index (χ4v) is 4.07. The molecule has 0 aliphatic heterocycles. The zero-order valence-corrected chi connectivity index (χ0v) is 18.8. The number of rotatable bonds is 8. The Balaban J connectivity index is 1.73. The highest BCUT2D eigenvalue weighted by atomic mass is 35.5. The molecule has 0 spiro atoms. The Morgan fingerprint density at radius 3 is 2.45 bits per heavy atom. The second kappa shape index (κ2) is 10.7. The Hall–Kier alpha value is -3.76. The summed E-state index contributed by atoms with van der Waals surface area (Å²) in [7, 11) is 0.